The predicted molar refractivity (Wildman–Crippen MR) is 88.9 cm³/mol. The lowest BCUT2D eigenvalue weighted by molar-refractivity contribution is -0.149. The first kappa shape index (κ1) is 15.0. The summed E-state index contributed by atoms with van der Waals surface area (Å²) in [5.74, 6) is -1.10. The Kier molecular flexibility index (Phi) is 3.27. The van der Waals surface area contributed by atoms with Crippen LogP contribution in [0.25, 0.3) is 10.8 Å². The molecule has 2 fully saturated rings. The van der Waals surface area contributed by atoms with Crippen LogP contribution in [0, 0.1) is 11.3 Å². The van der Waals surface area contributed by atoms with Gasteiger partial charge in [-0.15, -0.1) is 0 Å². The van der Waals surface area contributed by atoms with E-state index in [1.54, 1.807) is 17.0 Å². The molecule has 0 unspecified atom stereocenters. The zero-order valence-electron chi connectivity index (χ0n) is 13.2. The summed E-state index contributed by atoms with van der Waals surface area (Å²) in [5, 5.41) is 21.6. The van der Waals surface area contributed by atoms with Gasteiger partial charge in [0.15, 0.2) is 0 Å². The smallest absolute Gasteiger partial charge is 0.311 e. The molecule has 0 bridgehead atoms. The van der Waals surface area contributed by atoms with Crippen LogP contribution in [0.15, 0.2) is 36.4 Å². The first-order valence-electron chi connectivity index (χ1n) is 8.26. The highest BCUT2D eigenvalue weighted by Crippen LogP contribution is 2.49. The van der Waals surface area contributed by atoms with E-state index < -0.39 is 11.4 Å². The number of carboxylic acids is 1. The van der Waals surface area contributed by atoms with E-state index in [-0.39, 0.29) is 29.7 Å². The van der Waals surface area contributed by atoms with Gasteiger partial charge in [0.05, 0.1) is 11.0 Å². The Morgan fingerprint density at radius 1 is 1.17 bits per heavy atom. The van der Waals surface area contributed by atoms with Gasteiger partial charge in [0.2, 0.25) is 0 Å². The predicted octanol–water partition coefficient (Wildman–Crippen LogP) is 2.87. The van der Waals surface area contributed by atoms with Crippen LogP contribution in [0.5, 0.6) is 5.75 Å². The average molecular weight is 325 g/mol. The van der Waals surface area contributed by atoms with Gasteiger partial charge in [0.25, 0.3) is 5.91 Å². The molecule has 2 aliphatic rings. The molecule has 5 nitrogen and oxygen atoms in total. The van der Waals surface area contributed by atoms with E-state index >= 15 is 0 Å². The molecule has 2 aromatic carbocycles. The molecular weight excluding hydrogens is 306 g/mol. The molecule has 1 saturated carbocycles. The van der Waals surface area contributed by atoms with Gasteiger partial charge in [-0.1, -0.05) is 36.8 Å². The monoisotopic (exact) mass is 325 g/mol. The minimum Gasteiger partial charge on any atom is -0.506 e. The number of benzene rings is 2. The Balaban J connectivity index is 1.68. The molecule has 0 radical (unpaired) electrons. The Morgan fingerprint density at radius 2 is 1.96 bits per heavy atom. The van der Waals surface area contributed by atoms with Crippen molar-refractivity contribution in [3.8, 4) is 5.75 Å². The van der Waals surface area contributed by atoms with E-state index in [1.807, 2.05) is 24.3 Å². The van der Waals surface area contributed by atoms with Crippen molar-refractivity contribution in [1.82, 2.24) is 4.90 Å². The molecule has 1 heterocycles. The summed E-state index contributed by atoms with van der Waals surface area (Å²) in [4.78, 5) is 26.2. The first-order valence-corrected chi connectivity index (χ1v) is 8.26. The van der Waals surface area contributed by atoms with Crippen LogP contribution in [0.1, 0.15) is 29.6 Å². The fraction of sp³-hybridized carbons (Fsp3) is 0.368. The van der Waals surface area contributed by atoms with Gasteiger partial charge in [0.1, 0.15) is 5.75 Å². The standard InChI is InChI=1S/C19H19NO4/c21-16-14-6-2-1-4-12(14)7-8-15(16)17(22)20-10-13-5-3-9-19(13,11-20)18(23)24/h1-2,4,6-8,13,21H,3,5,9-11H2,(H,23,24)/t13-,19+/m0/s1. The second-order valence-corrected chi connectivity index (χ2v) is 6.92. The molecule has 0 spiro atoms. The molecule has 1 aliphatic carbocycles. The fourth-order valence-electron chi connectivity index (χ4n) is 4.39. The van der Waals surface area contributed by atoms with E-state index in [2.05, 4.69) is 0 Å². The highest BCUT2D eigenvalue weighted by atomic mass is 16.4. The second kappa shape index (κ2) is 5.23. The molecule has 5 heteroatoms. The van der Waals surface area contributed by atoms with Gasteiger partial charge in [-0.05, 0) is 30.2 Å². The quantitative estimate of drug-likeness (QED) is 0.890. The Bertz CT molecular complexity index is 846. The third kappa shape index (κ3) is 2.00. The Labute approximate surface area is 139 Å². The van der Waals surface area contributed by atoms with Crippen molar-refractivity contribution in [3.63, 3.8) is 0 Å². The van der Waals surface area contributed by atoms with Crippen molar-refractivity contribution < 1.29 is 19.8 Å². The summed E-state index contributed by atoms with van der Waals surface area (Å²) in [7, 11) is 0. The second-order valence-electron chi connectivity index (χ2n) is 6.92. The Morgan fingerprint density at radius 3 is 2.71 bits per heavy atom. The molecule has 0 aromatic heterocycles. The normalized spacial score (nSPS) is 25.8. The molecule has 1 amide bonds. The van der Waals surface area contributed by atoms with Gasteiger partial charge in [-0.25, -0.2) is 0 Å². The topological polar surface area (TPSA) is 77.8 Å². The third-order valence-electron chi connectivity index (χ3n) is 5.71. The molecule has 2 aromatic rings. The van der Waals surface area contributed by atoms with Crippen LogP contribution in [-0.4, -0.2) is 40.1 Å². The van der Waals surface area contributed by atoms with Gasteiger partial charge in [-0.2, -0.15) is 0 Å². The number of amides is 1. The summed E-state index contributed by atoms with van der Waals surface area (Å²) in [6.45, 7) is 0.690. The first-order chi connectivity index (χ1) is 11.5. The number of phenolic OH excluding ortho intramolecular Hbond substituents is 1. The summed E-state index contributed by atoms with van der Waals surface area (Å²) < 4.78 is 0. The number of nitrogens with zero attached hydrogens (tertiary/aromatic N) is 1. The average Bonchev–Trinajstić information content (AvgIpc) is 3.13. The minimum atomic E-state index is -0.803. The molecular formula is C19H19NO4. The van der Waals surface area contributed by atoms with Crippen LogP contribution < -0.4 is 0 Å². The maximum Gasteiger partial charge on any atom is 0.311 e. The lowest BCUT2D eigenvalue weighted by atomic mass is 9.81. The lowest BCUT2D eigenvalue weighted by Crippen LogP contribution is -2.37. The Hall–Kier alpha value is -2.56. The van der Waals surface area contributed by atoms with Crippen molar-refractivity contribution in [3.05, 3.63) is 42.0 Å². The number of aromatic hydroxyl groups is 1. The zero-order valence-corrected chi connectivity index (χ0v) is 13.2. The van der Waals surface area contributed by atoms with E-state index in [4.69, 9.17) is 0 Å². The van der Waals surface area contributed by atoms with Gasteiger partial charge in [0, 0.05) is 18.5 Å². The molecule has 4 rings (SSSR count). The number of carbonyl (C=O) groups excluding carboxylic acids is 1. The summed E-state index contributed by atoms with van der Waals surface area (Å²) in [6.07, 6.45) is 2.38. The zero-order chi connectivity index (χ0) is 16.9. The van der Waals surface area contributed by atoms with Crippen LogP contribution in [0.2, 0.25) is 0 Å². The summed E-state index contributed by atoms with van der Waals surface area (Å²) in [6, 6.07) is 10.8. The number of carbonyl (C=O) groups is 2. The molecule has 1 aliphatic heterocycles. The number of aliphatic carboxylic acids is 1. The number of hydrogen-bond donors (Lipinski definition) is 2. The minimum absolute atomic E-state index is 0.0153. The molecule has 1 saturated heterocycles. The molecule has 124 valence electrons. The summed E-state index contributed by atoms with van der Waals surface area (Å²) >= 11 is 0. The maximum atomic E-state index is 12.9. The van der Waals surface area contributed by atoms with Crippen LogP contribution >= 0.6 is 0 Å². The number of phenols is 1. The highest BCUT2D eigenvalue weighted by molar-refractivity contribution is 6.04. The number of carboxylic acid groups (broad SMARTS) is 1. The fourth-order valence-corrected chi connectivity index (χ4v) is 4.39. The maximum absolute atomic E-state index is 12.9. The molecule has 2 atom stereocenters. The highest BCUT2D eigenvalue weighted by Gasteiger charge is 2.55. The number of rotatable bonds is 2. The van der Waals surface area contributed by atoms with Crippen LogP contribution in [0.3, 0.4) is 0 Å². The molecule has 2 N–H and O–H groups in total. The van der Waals surface area contributed by atoms with Crippen molar-refractivity contribution >= 4 is 22.6 Å². The number of fused-ring (bicyclic) bond motifs is 2. The lowest BCUT2D eigenvalue weighted by Gasteiger charge is -2.23. The van der Waals surface area contributed by atoms with Crippen molar-refractivity contribution in [1.29, 1.82) is 0 Å². The van der Waals surface area contributed by atoms with E-state index in [9.17, 15) is 19.8 Å². The summed E-state index contributed by atoms with van der Waals surface area (Å²) in [5.41, 5.74) is -0.559. The van der Waals surface area contributed by atoms with E-state index in [0.717, 1.165) is 18.2 Å². The van der Waals surface area contributed by atoms with E-state index in [1.165, 1.54) is 0 Å². The van der Waals surface area contributed by atoms with Gasteiger partial charge < -0.3 is 15.1 Å². The number of hydrogen-bond acceptors (Lipinski definition) is 3. The van der Waals surface area contributed by atoms with Crippen LogP contribution in [-0.2, 0) is 4.79 Å². The van der Waals surface area contributed by atoms with E-state index in [0.29, 0.717) is 18.4 Å². The number of likely N-dealkylation sites (tertiary alicyclic amines) is 1. The van der Waals surface area contributed by atoms with Crippen molar-refractivity contribution in [2.24, 2.45) is 11.3 Å². The third-order valence-corrected chi connectivity index (χ3v) is 5.71. The van der Waals surface area contributed by atoms with Crippen LogP contribution in [0.4, 0.5) is 0 Å². The SMILES string of the molecule is O=C(c1ccc2ccccc2c1O)N1C[C@@H]2CCC[C@@]2(C(=O)O)C1. The van der Waals surface area contributed by atoms with Crippen molar-refractivity contribution in [2.45, 2.75) is 19.3 Å². The molecule has 24 heavy (non-hydrogen) atoms. The largest absolute Gasteiger partial charge is 0.506 e. The van der Waals surface area contributed by atoms with Gasteiger partial charge >= 0.3 is 5.97 Å². The van der Waals surface area contributed by atoms with Gasteiger partial charge in [-0.3, -0.25) is 9.59 Å². The van der Waals surface area contributed by atoms with Crippen molar-refractivity contribution in [2.75, 3.05) is 13.1 Å².